The molecule has 0 aliphatic carbocycles. The predicted octanol–water partition coefficient (Wildman–Crippen LogP) is 2.65. The van der Waals surface area contributed by atoms with E-state index in [4.69, 9.17) is 12.2 Å². The average Bonchev–Trinajstić information content (AvgIpc) is 3.10. The summed E-state index contributed by atoms with van der Waals surface area (Å²) in [6, 6.07) is 6.21. The molecule has 4 heterocycles. The van der Waals surface area contributed by atoms with Crippen LogP contribution in [0.5, 0.6) is 0 Å². The molecule has 1 unspecified atom stereocenters. The van der Waals surface area contributed by atoms with Gasteiger partial charge in [-0.3, -0.25) is 14.8 Å². The molecule has 1 aliphatic heterocycles. The number of pyridine rings is 1. The first kappa shape index (κ1) is 15.3. The summed E-state index contributed by atoms with van der Waals surface area (Å²) in [5.41, 5.74) is 3.38. The molecule has 1 saturated heterocycles. The first-order chi connectivity index (χ1) is 11.7. The number of hydrogen-bond acceptors (Lipinski definition) is 4. The molecule has 0 bridgehead atoms. The van der Waals surface area contributed by atoms with Crippen LogP contribution in [0.4, 0.5) is 0 Å². The van der Waals surface area contributed by atoms with Crippen molar-refractivity contribution in [1.29, 1.82) is 0 Å². The van der Waals surface area contributed by atoms with Crippen LogP contribution in [0.1, 0.15) is 36.6 Å². The van der Waals surface area contributed by atoms with Gasteiger partial charge in [0.15, 0.2) is 4.77 Å². The lowest BCUT2D eigenvalue weighted by Gasteiger charge is -2.25. The lowest BCUT2D eigenvalue weighted by atomic mass is 9.98. The highest BCUT2D eigenvalue weighted by Gasteiger charge is 2.19. The van der Waals surface area contributed by atoms with Gasteiger partial charge in [-0.2, -0.15) is 0 Å². The lowest BCUT2D eigenvalue weighted by Crippen LogP contribution is -2.28. The van der Waals surface area contributed by atoms with Gasteiger partial charge >= 0.3 is 0 Å². The van der Waals surface area contributed by atoms with Crippen molar-refractivity contribution in [3.05, 3.63) is 57.0 Å². The van der Waals surface area contributed by atoms with E-state index < -0.39 is 0 Å². The molecule has 1 atom stereocenters. The maximum atomic E-state index is 12.0. The molecule has 6 nitrogen and oxygen atoms in total. The summed E-state index contributed by atoms with van der Waals surface area (Å²) in [5.74, 6) is 0. The Kier molecular flexibility index (Phi) is 4.03. The Hall–Kier alpha value is -2.25. The van der Waals surface area contributed by atoms with Crippen molar-refractivity contribution in [2.75, 3.05) is 6.54 Å². The van der Waals surface area contributed by atoms with Gasteiger partial charge in [0, 0.05) is 18.4 Å². The van der Waals surface area contributed by atoms with E-state index in [1.54, 1.807) is 6.20 Å². The Morgan fingerprint density at radius 1 is 1.33 bits per heavy atom. The normalized spacial score (nSPS) is 18.1. The van der Waals surface area contributed by atoms with E-state index in [0.717, 1.165) is 29.7 Å². The SMILES string of the molecule is O=c1[nH]c(=S)n(Cc2cccnc2C2CCCCN2)c2cc[nH]c12. The molecule has 3 N–H and O–H groups in total. The first-order valence-corrected chi connectivity index (χ1v) is 8.62. The quantitative estimate of drug-likeness (QED) is 0.640. The molecule has 0 saturated carbocycles. The summed E-state index contributed by atoms with van der Waals surface area (Å²) in [6.07, 6.45) is 7.13. The fraction of sp³-hybridized carbons (Fsp3) is 0.353. The molecule has 1 fully saturated rings. The predicted molar refractivity (Wildman–Crippen MR) is 95.7 cm³/mol. The van der Waals surface area contributed by atoms with Crippen LogP contribution < -0.4 is 10.9 Å². The maximum absolute atomic E-state index is 12.0. The van der Waals surface area contributed by atoms with Gasteiger partial charge < -0.3 is 14.9 Å². The molecule has 0 radical (unpaired) electrons. The van der Waals surface area contributed by atoms with E-state index >= 15 is 0 Å². The molecule has 3 aromatic heterocycles. The van der Waals surface area contributed by atoms with Crippen molar-refractivity contribution in [3.63, 3.8) is 0 Å². The fourth-order valence-corrected chi connectivity index (χ4v) is 3.67. The maximum Gasteiger partial charge on any atom is 0.276 e. The summed E-state index contributed by atoms with van der Waals surface area (Å²) in [5, 5.41) is 3.56. The highest BCUT2D eigenvalue weighted by atomic mass is 32.1. The number of aromatic amines is 2. The minimum Gasteiger partial charge on any atom is -0.355 e. The van der Waals surface area contributed by atoms with E-state index in [1.165, 1.54) is 12.8 Å². The molecule has 0 spiro atoms. The molecule has 4 rings (SSSR count). The average molecular weight is 341 g/mol. The first-order valence-electron chi connectivity index (χ1n) is 8.21. The van der Waals surface area contributed by atoms with Crippen LogP contribution in [0, 0.1) is 4.77 Å². The lowest BCUT2D eigenvalue weighted by molar-refractivity contribution is 0.402. The zero-order valence-electron chi connectivity index (χ0n) is 13.2. The third-order valence-electron chi connectivity index (χ3n) is 4.60. The number of aromatic nitrogens is 4. The molecule has 0 amide bonds. The van der Waals surface area contributed by atoms with Crippen molar-refractivity contribution in [2.45, 2.75) is 31.8 Å². The van der Waals surface area contributed by atoms with Gasteiger partial charge in [0.05, 0.1) is 17.8 Å². The molecule has 24 heavy (non-hydrogen) atoms. The van der Waals surface area contributed by atoms with Crippen LogP contribution in [-0.2, 0) is 6.54 Å². The van der Waals surface area contributed by atoms with Crippen LogP contribution in [0.3, 0.4) is 0 Å². The number of nitrogens with one attached hydrogen (secondary N) is 3. The topological polar surface area (TPSA) is 78.5 Å². The van der Waals surface area contributed by atoms with E-state index in [0.29, 0.717) is 16.8 Å². The summed E-state index contributed by atoms with van der Waals surface area (Å²) in [6.45, 7) is 1.62. The van der Waals surface area contributed by atoms with E-state index in [-0.39, 0.29) is 11.6 Å². The van der Waals surface area contributed by atoms with Gasteiger partial charge in [-0.1, -0.05) is 12.5 Å². The zero-order valence-corrected chi connectivity index (χ0v) is 14.0. The van der Waals surface area contributed by atoms with E-state index in [1.807, 2.05) is 22.9 Å². The molecule has 0 aromatic carbocycles. The van der Waals surface area contributed by atoms with Crippen LogP contribution in [0.25, 0.3) is 11.0 Å². The van der Waals surface area contributed by atoms with Crippen molar-refractivity contribution >= 4 is 23.3 Å². The Labute approximate surface area is 144 Å². The van der Waals surface area contributed by atoms with Gasteiger partial charge in [-0.05, 0) is 49.3 Å². The van der Waals surface area contributed by atoms with Gasteiger partial charge in [-0.15, -0.1) is 0 Å². The second kappa shape index (κ2) is 6.33. The van der Waals surface area contributed by atoms with Gasteiger partial charge in [0.25, 0.3) is 5.56 Å². The van der Waals surface area contributed by atoms with Crippen LogP contribution in [0.2, 0.25) is 0 Å². The summed E-state index contributed by atoms with van der Waals surface area (Å²) >= 11 is 5.39. The Morgan fingerprint density at radius 2 is 2.25 bits per heavy atom. The summed E-state index contributed by atoms with van der Waals surface area (Å²) in [4.78, 5) is 22.3. The number of hydrogen-bond donors (Lipinski definition) is 3. The monoisotopic (exact) mass is 341 g/mol. The second-order valence-corrected chi connectivity index (χ2v) is 6.52. The van der Waals surface area contributed by atoms with Crippen molar-refractivity contribution < 1.29 is 0 Å². The largest absolute Gasteiger partial charge is 0.355 e. The molecule has 1 aliphatic rings. The number of piperidine rings is 1. The molecule has 3 aromatic rings. The van der Waals surface area contributed by atoms with Gasteiger partial charge in [0.1, 0.15) is 5.52 Å². The fourth-order valence-electron chi connectivity index (χ4n) is 3.42. The number of H-pyrrole nitrogens is 2. The van der Waals surface area contributed by atoms with E-state index in [9.17, 15) is 4.79 Å². The number of fused-ring (bicyclic) bond motifs is 1. The Bertz CT molecular complexity index is 980. The minimum atomic E-state index is -0.184. The summed E-state index contributed by atoms with van der Waals surface area (Å²) < 4.78 is 2.38. The van der Waals surface area contributed by atoms with Crippen LogP contribution in [-0.4, -0.2) is 26.1 Å². The van der Waals surface area contributed by atoms with Crippen molar-refractivity contribution in [2.24, 2.45) is 0 Å². The minimum absolute atomic E-state index is 0.184. The van der Waals surface area contributed by atoms with E-state index in [2.05, 4.69) is 26.3 Å². The van der Waals surface area contributed by atoms with Crippen molar-refractivity contribution in [3.8, 4) is 0 Å². The Balaban J connectivity index is 1.78. The molecule has 124 valence electrons. The number of nitrogens with zero attached hydrogens (tertiary/aromatic N) is 2. The zero-order chi connectivity index (χ0) is 16.5. The smallest absolute Gasteiger partial charge is 0.276 e. The van der Waals surface area contributed by atoms with Crippen molar-refractivity contribution in [1.82, 2.24) is 24.8 Å². The second-order valence-electron chi connectivity index (χ2n) is 6.13. The summed E-state index contributed by atoms with van der Waals surface area (Å²) in [7, 11) is 0. The van der Waals surface area contributed by atoms with Gasteiger partial charge in [0.2, 0.25) is 0 Å². The highest BCUT2D eigenvalue weighted by molar-refractivity contribution is 7.71. The standard InChI is InChI=1S/C17H19N5OS/c23-16-15-13(6-9-20-15)22(17(24)21-16)10-11-4-3-8-19-14(11)12-5-1-2-7-18-12/h3-4,6,8-9,12,18,20H,1-2,5,7,10H2,(H,21,23,24). The van der Waals surface area contributed by atoms with Crippen LogP contribution >= 0.6 is 12.2 Å². The molecular weight excluding hydrogens is 322 g/mol. The third-order valence-corrected chi connectivity index (χ3v) is 4.93. The highest BCUT2D eigenvalue weighted by Crippen LogP contribution is 2.25. The van der Waals surface area contributed by atoms with Crippen LogP contribution in [0.15, 0.2) is 35.4 Å². The third kappa shape index (κ3) is 2.70. The number of rotatable bonds is 3. The Morgan fingerprint density at radius 3 is 3.08 bits per heavy atom. The molecule has 7 heteroatoms. The molecular formula is C17H19N5OS. The van der Waals surface area contributed by atoms with Gasteiger partial charge in [-0.25, -0.2) is 0 Å².